The van der Waals surface area contributed by atoms with Gasteiger partial charge in [0.1, 0.15) is 0 Å². The molecule has 1 N–H and O–H groups in total. The Hall–Kier alpha value is -2.17. The molecule has 2 rings (SSSR count). The van der Waals surface area contributed by atoms with Crippen LogP contribution in [-0.2, 0) is 0 Å². The van der Waals surface area contributed by atoms with Gasteiger partial charge in [0.25, 0.3) is 0 Å². The summed E-state index contributed by atoms with van der Waals surface area (Å²) in [6.07, 6.45) is 3.20. The number of allylic oxidation sites excluding steroid dienone is 1. The molecular formula is C10H9N3O2. The average Bonchev–Trinajstić information content (AvgIpc) is 2.66. The fourth-order valence-electron chi connectivity index (χ4n) is 1.39. The Labute approximate surface area is 85.6 Å². The maximum atomic E-state index is 10.5. The van der Waals surface area contributed by atoms with E-state index in [0.29, 0.717) is 0 Å². The summed E-state index contributed by atoms with van der Waals surface area (Å²) in [5.41, 5.74) is 1.79. The van der Waals surface area contributed by atoms with Gasteiger partial charge in [0.15, 0.2) is 0 Å². The van der Waals surface area contributed by atoms with E-state index >= 15 is 0 Å². The highest BCUT2D eigenvalue weighted by atomic mass is 16.6. The molecular weight excluding hydrogens is 194 g/mol. The molecule has 0 spiro atoms. The first-order valence-electron chi connectivity index (χ1n) is 4.43. The summed E-state index contributed by atoms with van der Waals surface area (Å²) in [7, 11) is 0. The molecule has 76 valence electrons. The molecule has 0 aliphatic carbocycles. The van der Waals surface area contributed by atoms with Crippen molar-refractivity contribution in [3.8, 4) is 0 Å². The quantitative estimate of drug-likeness (QED) is 0.600. The highest BCUT2D eigenvalue weighted by Crippen LogP contribution is 2.18. The molecule has 0 atom stereocenters. The SMILES string of the molecule is C/C(=C\c1cccc2[nH]ncc12)[N+](=O)[O-]. The van der Waals surface area contributed by atoms with E-state index in [2.05, 4.69) is 10.2 Å². The number of nitrogens with one attached hydrogen (secondary N) is 1. The zero-order valence-electron chi connectivity index (χ0n) is 8.10. The largest absolute Gasteiger partial charge is 0.278 e. The summed E-state index contributed by atoms with van der Waals surface area (Å²) in [5, 5.41) is 18.1. The minimum absolute atomic E-state index is 0.115. The summed E-state index contributed by atoms with van der Waals surface area (Å²) in [6.45, 7) is 1.47. The lowest BCUT2D eigenvalue weighted by atomic mass is 10.1. The van der Waals surface area contributed by atoms with E-state index in [1.807, 2.05) is 18.2 Å². The van der Waals surface area contributed by atoms with E-state index in [-0.39, 0.29) is 5.70 Å². The van der Waals surface area contributed by atoms with Crippen molar-refractivity contribution in [3.63, 3.8) is 0 Å². The number of nitro groups is 1. The van der Waals surface area contributed by atoms with Crippen LogP contribution in [0.1, 0.15) is 12.5 Å². The van der Waals surface area contributed by atoms with E-state index in [1.54, 1.807) is 6.20 Å². The van der Waals surface area contributed by atoms with Gasteiger partial charge in [-0.05, 0) is 11.6 Å². The Morgan fingerprint density at radius 3 is 3.13 bits per heavy atom. The third-order valence-electron chi connectivity index (χ3n) is 2.17. The standard InChI is InChI=1S/C10H9N3O2/c1-7(13(14)15)5-8-3-2-4-10-9(8)6-11-12-10/h2-6H,1H3,(H,11,12)/b7-5+. The molecule has 0 bridgehead atoms. The predicted octanol–water partition coefficient (Wildman–Crippen LogP) is 2.20. The lowest BCUT2D eigenvalue weighted by Gasteiger charge is -1.95. The number of fused-ring (bicyclic) bond motifs is 1. The molecule has 0 amide bonds. The van der Waals surface area contributed by atoms with Gasteiger partial charge < -0.3 is 0 Å². The van der Waals surface area contributed by atoms with E-state index in [0.717, 1.165) is 16.5 Å². The Balaban J connectivity index is 2.57. The Bertz CT molecular complexity index is 542. The van der Waals surface area contributed by atoms with Crippen molar-refractivity contribution in [3.05, 3.63) is 45.8 Å². The van der Waals surface area contributed by atoms with E-state index in [4.69, 9.17) is 0 Å². The van der Waals surface area contributed by atoms with Crippen molar-refractivity contribution >= 4 is 17.0 Å². The monoisotopic (exact) mass is 203 g/mol. The minimum atomic E-state index is -0.404. The predicted molar refractivity (Wildman–Crippen MR) is 56.7 cm³/mol. The lowest BCUT2D eigenvalue weighted by Crippen LogP contribution is -1.92. The highest BCUT2D eigenvalue weighted by molar-refractivity contribution is 5.87. The lowest BCUT2D eigenvalue weighted by molar-refractivity contribution is -0.422. The van der Waals surface area contributed by atoms with Crippen LogP contribution in [0.2, 0.25) is 0 Å². The van der Waals surface area contributed by atoms with E-state index in [1.165, 1.54) is 13.0 Å². The van der Waals surface area contributed by atoms with Crippen LogP contribution in [0.15, 0.2) is 30.1 Å². The molecule has 2 aromatic rings. The summed E-state index contributed by atoms with van der Waals surface area (Å²) < 4.78 is 0. The second kappa shape index (κ2) is 3.53. The summed E-state index contributed by atoms with van der Waals surface area (Å²) in [6, 6.07) is 5.53. The first-order chi connectivity index (χ1) is 7.18. The van der Waals surface area contributed by atoms with Crippen LogP contribution in [-0.4, -0.2) is 15.1 Å². The van der Waals surface area contributed by atoms with Crippen molar-refractivity contribution in [1.29, 1.82) is 0 Å². The molecule has 1 aromatic heterocycles. The Morgan fingerprint density at radius 2 is 2.40 bits per heavy atom. The Kier molecular flexibility index (Phi) is 2.21. The van der Waals surface area contributed by atoms with Crippen LogP contribution in [0.4, 0.5) is 0 Å². The van der Waals surface area contributed by atoms with Gasteiger partial charge in [-0.1, -0.05) is 12.1 Å². The van der Waals surface area contributed by atoms with Crippen LogP contribution in [0.3, 0.4) is 0 Å². The number of benzene rings is 1. The van der Waals surface area contributed by atoms with Crippen molar-refractivity contribution in [2.45, 2.75) is 6.92 Å². The van der Waals surface area contributed by atoms with Crippen molar-refractivity contribution in [1.82, 2.24) is 10.2 Å². The van der Waals surface area contributed by atoms with Gasteiger partial charge in [0.2, 0.25) is 5.70 Å². The second-order valence-corrected chi connectivity index (χ2v) is 3.22. The minimum Gasteiger partial charge on any atom is -0.278 e. The topological polar surface area (TPSA) is 71.8 Å². The van der Waals surface area contributed by atoms with Gasteiger partial charge in [0.05, 0.1) is 16.6 Å². The number of H-pyrrole nitrogens is 1. The number of hydrogen-bond donors (Lipinski definition) is 1. The summed E-state index contributed by atoms with van der Waals surface area (Å²) in [4.78, 5) is 10.1. The maximum Gasteiger partial charge on any atom is 0.243 e. The number of nitrogens with zero attached hydrogens (tertiary/aromatic N) is 2. The smallest absolute Gasteiger partial charge is 0.243 e. The number of rotatable bonds is 2. The molecule has 0 radical (unpaired) electrons. The van der Waals surface area contributed by atoms with Crippen LogP contribution in [0, 0.1) is 10.1 Å². The molecule has 15 heavy (non-hydrogen) atoms. The van der Waals surface area contributed by atoms with Crippen molar-refractivity contribution in [2.24, 2.45) is 0 Å². The zero-order valence-corrected chi connectivity index (χ0v) is 8.10. The van der Waals surface area contributed by atoms with Crippen LogP contribution in [0.25, 0.3) is 17.0 Å². The third-order valence-corrected chi connectivity index (χ3v) is 2.17. The first-order valence-corrected chi connectivity index (χ1v) is 4.43. The van der Waals surface area contributed by atoms with Crippen molar-refractivity contribution < 1.29 is 4.92 Å². The van der Waals surface area contributed by atoms with Crippen LogP contribution >= 0.6 is 0 Å². The summed E-state index contributed by atoms with van der Waals surface area (Å²) in [5.74, 6) is 0. The molecule has 0 fully saturated rings. The third kappa shape index (κ3) is 1.71. The first kappa shape index (κ1) is 9.39. The van der Waals surface area contributed by atoms with Gasteiger partial charge in [0, 0.05) is 18.4 Å². The van der Waals surface area contributed by atoms with E-state index < -0.39 is 4.92 Å². The molecule has 0 unspecified atom stereocenters. The molecule has 0 aliphatic rings. The van der Waals surface area contributed by atoms with E-state index in [9.17, 15) is 10.1 Å². The highest BCUT2D eigenvalue weighted by Gasteiger charge is 2.05. The molecule has 0 aliphatic heterocycles. The normalized spacial score (nSPS) is 11.9. The molecule has 0 saturated carbocycles. The van der Waals surface area contributed by atoms with Crippen LogP contribution < -0.4 is 0 Å². The van der Waals surface area contributed by atoms with Gasteiger partial charge in [-0.25, -0.2) is 0 Å². The number of aromatic amines is 1. The second-order valence-electron chi connectivity index (χ2n) is 3.22. The van der Waals surface area contributed by atoms with Gasteiger partial charge in [-0.2, -0.15) is 5.10 Å². The van der Waals surface area contributed by atoms with Crippen LogP contribution in [0.5, 0.6) is 0 Å². The summed E-state index contributed by atoms with van der Waals surface area (Å²) >= 11 is 0. The fraction of sp³-hybridized carbons (Fsp3) is 0.100. The molecule has 1 heterocycles. The Morgan fingerprint density at radius 1 is 1.60 bits per heavy atom. The number of aromatic nitrogens is 2. The maximum absolute atomic E-state index is 10.5. The average molecular weight is 203 g/mol. The van der Waals surface area contributed by atoms with Gasteiger partial charge in [-0.3, -0.25) is 15.2 Å². The molecule has 5 nitrogen and oxygen atoms in total. The van der Waals surface area contributed by atoms with Gasteiger partial charge in [-0.15, -0.1) is 0 Å². The zero-order chi connectivity index (χ0) is 10.8. The molecule has 0 saturated heterocycles. The molecule has 5 heteroatoms. The molecule has 1 aromatic carbocycles. The fourth-order valence-corrected chi connectivity index (χ4v) is 1.39. The number of hydrogen-bond acceptors (Lipinski definition) is 3. The van der Waals surface area contributed by atoms with Crippen molar-refractivity contribution in [2.75, 3.05) is 0 Å². The van der Waals surface area contributed by atoms with Gasteiger partial charge >= 0.3 is 0 Å².